The topological polar surface area (TPSA) is 52.9 Å². The number of hydrogen-bond acceptors (Lipinski definition) is 2. The maximum absolute atomic E-state index is 12.0. The first kappa shape index (κ1) is 15.2. The fourth-order valence-corrected chi connectivity index (χ4v) is 1.97. The maximum atomic E-state index is 12.0. The summed E-state index contributed by atoms with van der Waals surface area (Å²) in [6.45, 7) is 4.12. The molecule has 0 fully saturated rings. The second kappa shape index (κ2) is 8.31. The molecule has 0 aliphatic carbocycles. The van der Waals surface area contributed by atoms with E-state index in [0.29, 0.717) is 6.42 Å². The molecule has 0 bridgehead atoms. The second-order valence-corrected chi connectivity index (χ2v) is 4.92. The molecule has 0 radical (unpaired) electrons. The fraction of sp³-hybridized carbons (Fsp3) is 0.500. The van der Waals surface area contributed by atoms with Crippen molar-refractivity contribution in [2.24, 2.45) is 5.92 Å². The molecule has 3 nitrogen and oxygen atoms in total. The minimum Gasteiger partial charge on any atom is -0.353 e. The lowest BCUT2D eigenvalue weighted by atomic mass is 9.99. The van der Waals surface area contributed by atoms with Gasteiger partial charge in [-0.3, -0.25) is 4.79 Å². The van der Waals surface area contributed by atoms with Crippen LogP contribution in [0.3, 0.4) is 0 Å². The Hall–Kier alpha value is -1.82. The highest BCUT2D eigenvalue weighted by Crippen LogP contribution is 2.09. The zero-order chi connectivity index (χ0) is 14.1. The lowest BCUT2D eigenvalue weighted by molar-refractivity contribution is -0.124. The van der Waals surface area contributed by atoms with Gasteiger partial charge in [0.25, 0.3) is 0 Å². The molecule has 0 saturated carbocycles. The Balaban J connectivity index is 2.51. The highest BCUT2D eigenvalue weighted by Gasteiger charge is 2.19. The Morgan fingerprint density at radius 3 is 2.63 bits per heavy atom. The molecule has 1 aromatic rings. The molecule has 0 aliphatic rings. The Labute approximate surface area is 115 Å². The summed E-state index contributed by atoms with van der Waals surface area (Å²) >= 11 is 0. The largest absolute Gasteiger partial charge is 0.353 e. The number of unbranched alkanes of at least 4 members (excludes halogenated alkanes) is 1. The van der Waals surface area contributed by atoms with E-state index in [1.807, 2.05) is 37.3 Å². The zero-order valence-corrected chi connectivity index (χ0v) is 11.7. The van der Waals surface area contributed by atoms with E-state index in [2.05, 4.69) is 18.3 Å². The summed E-state index contributed by atoms with van der Waals surface area (Å²) < 4.78 is 0. The van der Waals surface area contributed by atoms with Gasteiger partial charge in [0.2, 0.25) is 5.91 Å². The van der Waals surface area contributed by atoms with Crippen LogP contribution in [0.25, 0.3) is 0 Å². The maximum Gasteiger partial charge on any atom is 0.237 e. The lowest BCUT2D eigenvalue weighted by Crippen LogP contribution is -2.37. The lowest BCUT2D eigenvalue weighted by Gasteiger charge is -2.16. The van der Waals surface area contributed by atoms with Crippen molar-refractivity contribution >= 4 is 5.91 Å². The van der Waals surface area contributed by atoms with Gasteiger partial charge >= 0.3 is 0 Å². The molecular formula is C16H22N2O. The number of rotatable bonds is 7. The van der Waals surface area contributed by atoms with Gasteiger partial charge in [-0.15, -0.1) is 0 Å². The fourth-order valence-electron chi connectivity index (χ4n) is 1.97. The zero-order valence-electron chi connectivity index (χ0n) is 11.7. The van der Waals surface area contributed by atoms with Crippen LogP contribution in [0.2, 0.25) is 0 Å². The first-order valence-electron chi connectivity index (χ1n) is 6.91. The number of carbonyl (C=O) groups is 1. The number of carbonyl (C=O) groups excluding carboxylic acids is 1. The van der Waals surface area contributed by atoms with Crippen molar-refractivity contribution in [2.45, 2.75) is 45.6 Å². The number of nitriles is 1. The van der Waals surface area contributed by atoms with E-state index < -0.39 is 5.92 Å². The van der Waals surface area contributed by atoms with Crippen LogP contribution in [-0.4, -0.2) is 11.9 Å². The van der Waals surface area contributed by atoms with Crippen molar-refractivity contribution in [1.82, 2.24) is 5.32 Å². The Morgan fingerprint density at radius 2 is 2.05 bits per heavy atom. The molecule has 19 heavy (non-hydrogen) atoms. The third kappa shape index (κ3) is 5.56. The molecule has 102 valence electrons. The molecule has 0 aliphatic heterocycles. The summed E-state index contributed by atoms with van der Waals surface area (Å²) in [5, 5.41) is 12.1. The molecule has 1 amide bonds. The van der Waals surface area contributed by atoms with E-state index in [9.17, 15) is 4.79 Å². The van der Waals surface area contributed by atoms with Gasteiger partial charge in [0.1, 0.15) is 5.92 Å². The van der Waals surface area contributed by atoms with E-state index in [0.717, 1.165) is 24.8 Å². The van der Waals surface area contributed by atoms with Crippen LogP contribution in [0.5, 0.6) is 0 Å². The second-order valence-electron chi connectivity index (χ2n) is 4.92. The summed E-state index contributed by atoms with van der Waals surface area (Å²) in [5.74, 6) is -0.763. The van der Waals surface area contributed by atoms with Crippen molar-refractivity contribution in [1.29, 1.82) is 5.26 Å². The number of amides is 1. The minimum atomic E-state index is -0.605. The summed E-state index contributed by atoms with van der Waals surface area (Å²) in [7, 11) is 0. The molecule has 0 spiro atoms. The Morgan fingerprint density at radius 1 is 1.37 bits per heavy atom. The van der Waals surface area contributed by atoms with Gasteiger partial charge in [0, 0.05) is 6.04 Å². The third-order valence-corrected chi connectivity index (χ3v) is 3.13. The van der Waals surface area contributed by atoms with E-state index in [1.54, 1.807) is 0 Å². The predicted octanol–water partition coefficient (Wildman–Crippen LogP) is 3.06. The molecule has 1 N–H and O–H groups in total. The first-order valence-corrected chi connectivity index (χ1v) is 6.91. The van der Waals surface area contributed by atoms with Gasteiger partial charge in [-0.05, 0) is 25.3 Å². The van der Waals surface area contributed by atoms with Crippen LogP contribution in [0.15, 0.2) is 30.3 Å². The van der Waals surface area contributed by atoms with Gasteiger partial charge in [-0.25, -0.2) is 0 Å². The highest BCUT2D eigenvalue weighted by atomic mass is 16.1. The average molecular weight is 258 g/mol. The first-order chi connectivity index (χ1) is 9.17. The smallest absolute Gasteiger partial charge is 0.237 e. The summed E-state index contributed by atoms with van der Waals surface area (Å²) in [4.78, 5) is 12.0. The number of hydrogen-bond donors (Lipinski definition) is 1. The third-order valence-electron chi connectivity index (χ3n) is 3.13. The van der Waals surface area contributed by atoms with Gasteiger partial charge < -0.3 is 5.32 Å². The highest BCUT2D eigenvalue weighted by molar-refractivity contribution is 5.81. The van der Waals surface area contributed by atoms with Crippen molar-refractivity contribution in [3.05, 3.63) is 35.9 Å². The van der Waals surface area contributed by atoms with E-state index >= 15 is 0 Å². The summed E-state index contributed by atoms with van der Waals surface area (Å²) in [5.41, 5.74) is 1.02. The molecule has 0 heterocycles. The molecule has 0 aromatic heterocycles. The van der Waals surface area contributed by atoms with Crippen molar-refractivity contribution in [3.8, 4) is 6.07 Å². The average Bonchev–Trinajstić information content (AvgIpc) is 2.43. The van der Waals surface area contributed by atoms with E-state index in [-0.39, 0.29) is 11.9 Å². The van der Waals surface area contributed by atoms with Crippen LogP contribution < -0.4 is 5.32 Å². The number of nitrogens with one attached hydrogen (secondary N) is 1. The van der Waals surface area contributed by atoms with Crippen LogP contribution in [-0.2, 0) is 11.2 Å². The Bertz CT molecular complexity index is 422. The SMILES string of the molecule is CCCCC(C)NC(=O)C(C#N)Cc1ccccc1. The number of benzene rings is 1. The van der Waals surface area contributed by atoms with Crippen LogP contribution in [0.4, 0.5) is 0 Å². The van der Waals surface area contributed by atoms with Crippen molar-refractivity contribution in [3.63, 3.8) is 0 Å². The molecule has 1 rings (SSSR count). The van der Waals surface area contributed by atoms with Gasteiger partial charge in [0.15, 0.2) is 0 Å². The Kier molecular flexibility index (Phi) is 6.67. The summed E-state index contributed by atoms with van der Waals surface area (Å²) in [6, 6.07) is 11.9. The molecule has 3 heteroatoms. The number of nitrogens with zero attached hydrogens (tertiary/aromatic N) is 1. The minimum absolute atomic E-state index is 0.138. The van der Waals surface area contributed by atoms with Gasteiger partial charge in [0.05, 0.1) is 6.07 Å². The van der Waals surface area contributed by atoms with Crippen molar-refractivity contribution in [2.75, 3.05) is 0 Å². The van der Waals surface area contributed by atoms with Gasteiger partial charge in [-0.2, -0.15) is 5.26 Å². The molecular weight excluding hydrogens is 236 g/mol. The van der Waals surface area contributed by atoms with Crippen molar-refractivity contribution < 1.29 is 4.79 Å². The quantitative estimate of drug-likeness (QED) is 0.817. The standard InChI is InChI=1S/C16H22N2O/c1-3-4-8-13(2)18-16(19)15(12-17)11-14-9-6-5-7-10-14/h5-7,9-10,13,15H,3-4,8,11H2,1-2H3,(H,18,19). The van der Waals surface area contributed by atoms with Crippen LogP contribution >= 0.6 is 0 Å². The van der Waals surface area contributed by atoms with Gasteiger partial charge in [-0.1, -0.05) is 50.1 Å². The monoisotopic (exact) mass is 258 g/mol. The summed E-state index contributed by atoms with van der Waals surface area (Å²) in [6.07, 6.45) is 3.65. The molecule has 1 aromatic carbocycles. The molecule has 0 saturated heterocycles. The predicted molar refractivity (Wildman–Crippen MR) is 76.4 cm³/mol. The molecule has 2 atom stereocenters. The van der Waals surface area contributed by atoms with E-state index in [1.165, 1.54) is 0 Å². The van der Waals surface area contributed by atoms with E-state index in [4.69, 9.17) is 5.26 Å². The normalized spacial score (nSPS) is 13.3. The van der Waals surface area contributed by atoms with Crippen LogP contribution in [0.1, 0.15) is 38.7 Å². The molecule has 2 unspecified atom stereocenters. The van der Waals surface area contributed by atoms with Crippen LogP contribution in [0, 0.1) is 17.2 Å².